The van der Waals surface area contributed by atoms with Crippen LogP contribution in [0.1, 0.15) is 52.4 Å². The molecule has 0 saturated heterocycles. The second-order valence-corrected chi connectivity index (χ2v) is 8.34. The van der Waals surface area contributed by atoms with E-state index in [-0.39, 0.29) is 17.4 Å². The lowest BCUT2D eigenvalue weighted by Gasteiger charge is -2.37. The first kappa shape index (κ1) is 20.1. The van der Waals surface area contributed by atoms with Crippen molar-refractivity contribution in [1.29, 1.82) is 0 Å². The molecule has 1 aliphatic heterocycles. The Bertz CT molecular complexity index is 1220. The minimum Gasteiger partial charge on any atom is -0.507 e. The van der Waals surface area contributed by atoms with Crippen molar-refractivity contribution in [1.82, 2.24) is 5.43 Å². The van der Waals surface area contributed by atoms with Crippen molar-refractivity contribution in [3.8, 4) is 5.75 Å². The molecular formula is C27H25N3O2. The Labute approximate surface area is 187 Å². The summed E-state index contributed by atoms with van der Waals surface area (Å²) in [6, 6.07) is 23.6. The van der Waals surface area contributed by atoms with E-state index in [0.717, 1.165) is 17.7 Å². The quantitative estimate of drug-likeness (QED) is 0.300. The number of benzene rings is 3. The zero-order valence-corrected chi connectivity index (χ0v) is 17.8. The van der Waals surface area contributed by atoms with Crippen molar-refractivity contribution in [3.63, 3.8) is 0 Å². The monoisotopic (exact) mass is 423 g/mol. The van der Waals surface area contributed by atoms with Crippen molar-refractivity contribution >= 4 is 17.3 Å². The van der Waals surface area contributed by atoms with Crippen LogP contribution in [0.2, 0.25) is 0 Å². The van der Waals surface area contributed by atoms with Crippen LogP contribution in [0.5, 0.6) is 5.75 Å². The molecule has 0 unspecified atom stereocenters. The van der Waals surface area contributed by atoms with Gasteiger partial charge in [-0.2, -0.15) is 5.10 Å². The highest BCUT2D eigenvalue weighted by molar-refractivity contribution is 6.02. The summed E-state index contributed by atoms with van der Waals surface area (Å²) in [6.45, 7) is 1.87. The maximum absolute atomic E-state index is 12.4. The third-order valence-electron chi connectivity index (χ3n) is 6.41. The minimum atomic E-state index is -0.438. The Hall–Kier alpha value is -3.86. The number of hydrogen-bond acceptors (Lipinski definition) is 4. The van der Waals surface area contributed by atoms with Crippen molar-refractivity contribution in [2.45, 2.75) is 25.3 Å². The van der Waals surface area contributed by atoms with Crippen LogP contribution < -0.4 is 10.7 Å². The van der Waals surface area contributed by atoms with Gasteiger partial charge >= 0.3 is 0 Å². The highest BCUT2D eigenvalue weighted by Gasteiger charge is 2.37. The number of aromatic hydroxyl groups is 1. The number of nitrogens with zero attached hydrogens (tertiary/aromatic N) is 1. The fourth-order valence-corrected chi connectivity index (χ4v) is 4.73. The molecule has 160 valence electrons. The van der Waals surface area contributed by atoms with Gasteiger partial charge in [-0.3, -0.25) is 4.79 Å². The lowest BCUT2D eigenvalue weighted by molar-refractivity contribution is 0.0952. The molecule has 3 aromatic rings. The molecule has 32 heavy (non-hydrogen) atoms. The van der Waals surface area contributed by atoms with Crippen molar-refractivity contribution in [2.24, 2.45) is 11.0 Å². The SMILES string of the molecule is C/C(=N/NC(=O)c1ccccc1O)c1ccc2c(c1)[C@@H]1C=CC[C@@H]1[C@H](c1ccccc1)N2. The fraction of sp³-hybridized carbons (Fsp3) is 0.185. The molecule has 0 aromatic heterocycles. The number of nitrogens with one attached hydrogen (secondary N) is 2. The van der Waals surface area contributed by atoms with Gasteiger partial charge in [-0.1, -0.05) is 60.7 Å². The van der Waals surface area contributed by atoms with Crippen LogP contribution in [-0.2, 0) is 0 Å². The Kier molecular flexibility index (Phi) is 5.23. The maximum Gasteiger partial charge on any atom is 0.275 e. The highest BCUT2D eigenvalue weighted by atomic mass is 16.3. The van der Waals surface area contributed by atoms with Gasteiger partial charge in [0.25, 0.3) is 5.91 Å². The summed E-state index contributed by atoms with van der Waals surface area (Å²) in [5.74, 6) is 0.314. The molecule has 1 amide bonds. The normalized spacial score (nSPS) is 21.4. The van der Waals surface area contributed by atoms with Crippen LogP contribution in [0.4, 0.5) is 5.69 Å². The number of anilines is 1. The molecular weight excluding hydrogens is 398 g/mol. The molecule has 5 rings (SSSR count). The average Bonchev–Trinajstić information content (AvgIpc) is 3.33. The van der Waals surface area contributed by atoms with Crippen LogP contribution in [-0.4, -0.2) is 16.7 Å². The highest BCUT2D eigenvalue weighted by Crippen LogP contribution is 2.49. The third-order valence-corrected chi connectivity index (χ3v) is 6.41. The van der Waals surface area contributed by atoms with Gasteiger partial charge in [0.15, 0.2) is 0 Å². The van der Waals surface area contributed by atoms with E-state index in [4.69, 9.17) is 0 Å². The van der Waals surface area contributed by atoms with Crippen LogP contribution in [0.25, 0.3) is 0 Å². The van der Waals surface area contributed by atoms with Gasteiger partial charge in [0, 0.05) is 11.6 Å². The Morgan fingerprint density at radius 2 is 1.84 bits per heavy atom. The molecule has 2 aliphatic rings. The number of rotatable bonds is 4. The molecule has 3 aromatic carbocycles. The van der Waals surface area contributed by atoms with Crippen molar-refractivity contribution in [3.05, 3.63) is 107 Å². The predicted molar refractivity (Wildman–Crippen MR) is 127 cm³/mol. The molecule has 3 atom stereocenters. The number of carbonyl (C=O) groups excluding carboxylic acids is 1. The van der Waals surface area contributed by atoms with E-state index in [1.54, 1.807) is 18.2 Å². The number of para-hydroxylation sites is 1. The summed E-state index contributed by atoms with van der Waals surface area (Å²) in [6.07, 6.45) is 5.64. The summed E-state index contributed by atoms with van der Waals surface area (Å²) >= 11 is 0. The third kappa shape index (κ3) is 3.66. The van der Waals surface area contributed by atoms with Gasteiger partial charge < -0.3 is 10.4 Å². The number of fused-ring (bicyclic) bond motifs is 3. The second-order valence-electron chi connectivity index (χ2n) is 8.34. The second kappa shape index (κ2) is 8.35. The van der Waals surface area contributed by atoms with E-state index < -0.39 is 5.91 Å². The number of phenols is 1. The molecule has 0 radical (unpaired) electrons. The van der Waals surface area contributed by atoms with E-state index >= 15 is 0 Å². The Morgan fingerprint density at radius 1 is 1.06 bits per heavy atom. The first-order valence-electron chi connectivity index (χ1n) is 10.9. The molecule has 0 fully saturated rings. The van der Waals surface area contributed by atoms with Gasteiger partial charge in [-0.25, -0.2) is 5.43 Å². The summed E-state index contributed by atoms with van der Waals surface area (Å²) in [4.78, 5) is 12.4. The largest absolute Gasteiger partial charge is 0.507 e. The molecule has 1 heterocycles. The number of hydrogen-bond donors (Lipinski definition) is 3. The van der Waals surface area contributed by atoms with Crippen LogP contribution in [0.3, 0.4) is 0 Å². The molecule has 1 aliphatic carbocycles. The van der Waals surface area contributed by atoms with Gasteiger partial charge in [-0.15, -0.1) is 0 Å². The number of carbonyl (C=O) groups is 1. The average molecular weight is 424 g/mol. The zero-order chi connectivity index (χ0) is 22.1. The van der Waals surface area contributed by atoms with Crippen molar-refractivity contribution < 1.29 is 9.90 Å². The summed E-state index contributed by atoms with van der Waals surface area (Å²) in [5, 5.41) is 17.9. The smallest absolute Gasteiger partial charge is 0.275 e. The van der Waals surface area contributed by atoms with Crippen LogP contribution >= 0.6 is 0 Å². The molecule has 0 saturated carbocycles. The number of allylic oxidation sites excluding steroid dienone is 2. The van der Waals surface area contributed by atoms with Gasteiger partial charge in [0.2, 0.25) is 0 Å². The van der Waals surface area contributed by atoms with Gasteiger partial charge in [0.1, 0.15) is 5.75 Å². The summed E-state index contributed by atoms with van der Waals surface area (Å²) in [7, 11) is 0. The molecule has 5 heteroatoms. The number of phenolic OH excluding ortho intramolecular Hbond substituents is 1. The standard InChI is InChI=1S/C27H25N3O2/c1-17(29-30-27(32)22-10-5-6-13-25(22)31)19-14-15-24-23(16-19)20-11-7-12-21(20)26(28-24)18-8-3-2-4-9-18/h2-11,13-16,20-21,26,28,31H,12H2,1H3,(H,30,32)/b29-17-/t20-,21+,26+/m1/s1. The number of amides is 1. The van der Waals surface area contributed by atoms with E-state index in [1.807, 2.05) is 13.0 Å². The first-order chi connectivity index (χ1) is 15.6. The van der Waals surface area contributed by atoms with Gasteiger partial charge in [0.05, 0.1) is 17.3 Å². The van der Waals surface area contributed by atoms with Crippen LogP contribution in [0.15, 0.2) is 90.0 Å². The maximum atomic E-state index is 12.4. The molecule has 0 bridgehead atoms. The van der Waals surface area contributed by atoms with E-state index in [0.29, 0.717) is 17.5 Å². The molecule has 5 nitrogen and oxygen atoms in total. The van der Waals surface area contributed by atoms with E-state index in [2.05, 4.69) is 70.5 Å². The molecule has 3 N–H and O–H groups in total. The minimum absolute atomic E-state index is 0.0651. The summed E-state index contributed by atoms with van der Waals surface area (Å²) in [5.41, 5.74) is 8.13. The molecule has 0 spiro atoms. The first-order valence-corrected chi connectivity index (χ1v) is 10.9. The Balaban J connectivity index is 1.40. The lowest BCUT2D eigenvalue weighted by Crippen LogP contribution is -2.29. The van der Waals surface area contributed by atoms with E-state index in [9.17, 15) is 9.90 Å². The van der Waals surface area contributed by atoms with E-state index in [1.165, 1.54) is 17.2 Å². The van der Waals surface area contributed by atoms with Crippen LogP contribution in [0, 0.1) is 5.92 Å². The predicted octanol–water partition coefficient (Wildman–Crippen LogP) is 5.37. The fourth-order valence-electron chi connectivity index (χ4n) is 4.73. The zero-order valence-electron chi connectivity index (χ0n) is 17.8. The summed E-state index contributed by atoms with van der Waals surface area (Å²) < 4.78 is 0. The Morgan fingerprint density at radius 3 is 2.66 bits per heavy atom. The van der Waals surface area contributed by atoms with Gasteiger partial charge in [-0.05, 0) is 60.2 Å². The topological polar surface area (TPSA) is 73.7 Å². The number of hydrazone groups is 1. The van der Waals surface area contributed by atoms with Crippen molar-refractivity contribution in [2.75, 3.05) is 5.32 Å². The lowest BCUT2D eigenvalue weighted by atomic mass is 9.76.